The molecule has 0 amide bonds. The van der Waals surface area contributed by atoms with Gasteiger partial charge in [-0.15, -0.1) is 11.6 Å². The first-order chi connectivity index (χ1) is 9.11. The van der Waals surface area contributed by atoms with Crippen LogP contribution in [-0.2, 0) is 9.57 Å². The Balaban J connectivity index is 2.15. The maximum atomic E-state index is 10.6. The maximum absolute atomic E-state index is 10.6. The molecule has 0 radical (unpaired) electrons. The Morgan fingerprint density at radius 2 is 2.21 bits per heavy atom. The maximum Gasteiger partial charge on any atom is 0.269 e. The molecule has 0 N–H and O–H groups in total. The van der Waals surface area contributed by atoms with Gasteiger partial charge in [-0.25, -0.2) is 0 Å². The molecule has 2 rings (SSSR count). The molecular weight excluding hydrogens is 272 g/mol. The molecular formula is C12H13ClN2O4. The van der Waals surface area contributed by atoms with Gasteiger partial charge >= 0.3 is 0 Å². The second kappa shape index (κ2) is 5.99. The number of non-ortho nitro benzene ring substituents is 1. The van der Waals surface area contributed by atoms with E-state index in [-0.39, 0.29) is 11.1 Å². The molecule has 1 aliphatic rings. The molecule has 2 atom stereocenters. The van der Waals surface area contributed by atoms with E-state index in [2.05, 4.69) is 5.16 Å². The highest BCUT2D eigenvalue weighted by atomic mass is 35.5. The average Bonchev–Trinajstić information content (AvgIpc) is 2.39. The van der Waals surface area contributed by atoms with Gasteiger partial charge < -0.3 is 9.57 Å². The highest BCUT2D eigenvalue weighted by Gasteiger charge is 2.27. The van der Waals surface area contributed by atoms with E-state index < -0.39 is 11.2 Å². The van der Waals surface area contributed by atoms with Gasteiger partial charge in [0.05, 0.1) is 10.3 Å². The van der Waals surface area contributed by atoms with Crippen LogP contribution in [0.2, 0.25) is 0 Å². The summed E-state index contributed by atoms with van der Waals surface area (Å²) >= 11 is 6.23. The van der Waals surface area contributed by atoms with Crippen LogP contribution >= 0.6 is 11.6 Å². The minimum Gasteiger partial charge on any atom is -0.363 e. The lowest BCUT2D eigenvalue weighted by molar-refractivity contribution is -0.384. The summed E-state index contributed by atoms with van der Waals surface area (Å²) in [5.41, 5.74) is 1.30. The smallest absolute Gasteiger partial charge is 0.269 e. The molecule has 0 aromatic heterocycles. The molecule has 7 heteroatoms. The molecule has 0 saturated heterocycles. The van der Waals surface area contributed by atoms with Gasteiger partial charge in [0.2, 0.25) is 6.29 Å². The molecule has 1 aliphatic heterocycles. The standard InChI is InChI=1S/C12H13ClN2O4/c1-2-18-11-7-10(13)12(14-19-11)8-3-5-9(6-4-8)15(16)17/h3-6,10-11H,2,7H2,1H3/t10-,11-/m1/s1. The Labute approximate surface area is 115 Å². The van der Waals surface area contributed by atoms with Gasteiger partial charge in [-0.2, -0.15) is 0 Å². The number of hydrogen-bond acceptors (Lipinski definition) is 5. The quantitative estimate of drug-likeness (QED) is 0.484. The van der Waals surface area contributed by atoms with E-state index in [1.54, 1.807) is 12.1 Å². The Bertz CT molecular complexity index is 489. The lowest BCUT2D eigenvalue weighted by Crippen LogP contribution is -2.30. The van der Waals surface area contributed by atoms with Gasteiger partial charge in [0.15, 0.2) is 0 Å². The van der Waals surface area contributed by atoms with Crippen LogP contribution in [0.4, 0.5) is 5.69 Å². The van der Waals surface area contributed by atoms with Crippen LogP contribution in [0.1, 0.15) is 18.9 Å². The number of oxime groups is 1. The van der Waals surface area contributed by atoms with E-state index in [9.17, 15) is 10.1 Å². The fourth-order valence-corrected chi connectivity index (χ4v) is 2.08. The van der Waals surface area contributed by atoms with Crippen LogP contribution in [0, 0.1) is 10.1 Å². The van der Waals surface area contributed by atoms with Crippen molar-refractivity contribution in [3.8, 4) is 0 Å². The van der Waals surface area contributed by atoms with Gasteiger partial charge in [-0.05, 0) is 19.1 Å². The van der Waals surface area contributed by atoms with Crippen LogP contribution in [0.15, 0.2) is 29.4 Å². The third-order valence-electron chi connectivity index (χ3n) is 2.69. The number of nitro benzene ring substituents is 1. The average molecular weight is 285 g/mol. The number of ether oxygens (including phenoxy) is 1. The Morgan fingerprint density at radius 1 is 1.53 bits per heavy atom. The van der Waals surface area contributed by atoms with Crippen molar-refractivity contribution in [3.63, 3.8) is 0 Å². The zero-order valence-corrected chi connectivity index (χ0v) is 11.0. The van der Waals surface area contributed by atoms with Crippen molar-refractivity contribution in [2.45, 2.75) is 25.0 Å². The number of benzene rings is 1. The van der Waals surface area contributed by atoms with Gasteiger partial charge in [-0.3, -0.25) is 10.1 Å². The minimum absolute atomic E-state index is 0.0272. The zero-order valence-electron chi connectivity index (χ0n) is 10.3. The van der Waals surface area contributed by atoms with E-state index in [4.69, 9.17) is 21.2 Å². The Hall–Kier alpha value is -1.66. The molecule has 1 aromatic rings. The topological polar surface area (TPSA) is 74.0 Å². The first-order valence-corrected chi connectivity index (χ1v) is 6.29. The van der Waals surface area contributed by atoms with Crippen molar-refractivity contribution in [2.75, 3.05) is 6.61 Å². The second-order valence-corrected chi connectivity index (χ2v) is 4.50. The predicted molar refractivity (Wildman–Crippen MR) is 70.4 cm³/mol. The first-order valence-electron chi connectivity index (χ1n) is 5.86. The van der Waals surface area contributed by atoms with Crippen LogP contribution < -0.4 is 0 Å². The summed E-state index contributed by atoms with van der Waals surface area (Å²) in [4.78, 5) is 15.3. The minimum atomic E-state index is -0.452. The van der Waals surface area contributed by atoms with Gasteiger partial charge in [0.1, 0.15) is 5.71 Å². The summed E-state index contributed by atoms with van der Waals surface area (Å²) in [5, 5.41) is 14.2. The summed E-state index contributed by atoms with van der Waals surface area (Å²) in [7, 11) is 0. The summed E-state index contributed by atoms with van der Waals surface area (Å²) in [6.07, 6.45) is 0.0555. The molecule has 0 fully saturated rings. The summed E-state index contributed by atoms with van der Waals surface area (Å²) in [6.45, 7) is 2.39. The van der Waals surface area contributed by atoms with E-state index in [0.29, 0.717) is 24.3 Å². The van der Waals surface area contributed by atoms with Gasteiger partial charge in [-0.1, -0.05) is 5.16 Å². The predicted octanol–water partition coefficient (Wildman–Crippen LogP) is 2.69. The molecule has 1 aromatic carbocycles. The van der Waals surface area contributed by atoms with Crippen LogP contribution in [0.5, 0.6) is 0 Å². The largest absolute Gasteiger partial charge is 0.363 e. The second-order valence-electron chi connectivity index (χ2n) is 3.97. The lowest BCUT2D eigenvalue weighted by Gasteiger charge is -2.24. The third kappa shape index (κ3) is 3.21. The number of hydrogen-bond donors (Lipinski definition) is 0. The number of alkyl halides is 1. The van der Waals surface area contributed by atoms with Crippen molar-refractivity contribution < 1.29 is 14.5 Å². The lowest BCUT2D eigenvalue weighted by atomic mass is 10.0. The number of halogens is 1. The Kier molecular flexibility index (Phi) is 4.34. The molecule has 102 valence electrons. The fraction of sp³-hybridized carbons (Fsp3) is 0.417. The molecule has 6 nitrogen and oxygen atoms in total. The molecule has 1 heterocycles. The van der Waals surface area contributed by atoms with Crippen molar-refractivity contribution in [2.24, 2.45) is 5.16 Å². The van der Waals surface area contributed by atoms with Crippen LogP contribution in [0.3, 0.4) is 0 Å². The molecule has 0 aliphatic carbocycles. The highest BCUT2D eigenvalue weighted by molar-refractivity contribution is 6.35. The summed E-state index contributed by atoms with van der Waals surface area (Å²) in [5.74, 6) is 0. The highest BCUT2D eigenvalue weighted by Crippen LogP contribution is 2.23. The van der Waals surface area contributed by atoms with Crippen molar-refractivity contribution >= 4 is 23.0 Å². The summed E-state index contributed by atoms with van der Waals surface area (Å²) < 4.78 is 5.28. The summed E-state index contributed by atoms with van der Waals surface area (Å²) in [6, 6.07) is 6.04. The van der Waals surface area contributed by atoms with E-state index in [1.165, 1.54) is 12.1 Å². The monoisotopic (exact) mass is 284 g/mol. The van der Waals surface area contributed by atoms with Crippen molar-refractivity contribution in [1.29, 1.82) is 0 Å². The van der Waals surface area contributed by atoms with Crippen LogP contribution in [-0.4, -0.2) is 28.9 Å². The zero-order chi connectivity index (χ0) is 13.8. The van der Waals surface area contributed by atoms with Gasteiger partial charge in [0, 0.05) is 30.7 Å². The molecule has 0 spiro atoms. The van der Waals surface area contributed by atoms with E-state index in [1.807, 2.05) is 6.92 Å². The number of nitrogens with zero attached hydrogens (tertiary/aromatic N) is 2. The fourth-order valence-electron chi connectivity index (χ4n) is 1.77. The first kappa shape index (κ1) is 13.8. The van der Waals surface area contributed by atoms with Crippen molar-refractivity contribution in [3.05, 3.63) is 39.9 Å². The molecule has 0 bridgehead atoms. The number of rotatable bonds is 4. The number of nitro groups is 1. The van der Waals surface area contributed by atoms with Crippen LogP contribution in [0.25, 0.3) is 0 Å². The third-order valence-corrected chi connectivity index (χ3v) is 3.08. The Morgan fingerprint density at radius 3 is 2.74 bits per heavy atom. The molecule has 0 unspecified atom stereocenters. The molecule has 19 heavy (non-hydrogen) atoms. The van der Waals surface area contributed by atoms with Crippen molar-refractivity contribution in [1.82, 2.24) is 0 Å². The molecule has 0 saturated carbocycles. The van der Waals surface area contributed by atoms with E-state index in [0.717, 1.165) is 0 Å². The normalized spacial score (nSPS) is 22.5. The van der Waals surface area contributed by atoms with Gasteiger partial charge in [0.25, 0.3) is 5.69 Å². The van der Waals surface area contributed by atoms with E-state index >= 15 is 0 Å². The SMILES string of the molecule is CCO[C@H]1C[C@@H](Cl)C(c2ccc([N+](=O)[O-])cc2)=NO1.